The number of carbonyl (C=O) groups is 2. The maximum Gasteiger partial charge on any atom is 0.416 e. The van der Waals surface area contributed by atoms with Crippen LogP contribution in [0.25, 0.3) is 0 Å². The summed E-state index contributed by atoms with van der Waals surface area (Å²) in [5.41, 5.74) is 1.90. The van der Waals surface area contributed by atoms with E-state index in [1.807, 2.05) is 32.0 Å². The Morgan fingerprint density at radius 2 is 1.78 bits per heavy atom. The third-order valence-corrected chi connectivity index (χ3v) is 4.17. The number of carbonyl (C=O) groups excluding carboxylic acids is 2. The highest BCUT2D eigenvalue weighted by atomic mass is 19.4. The van der Waals surface area contributed by atoms with Gasteiger partial charge in [0.2, 0.25) is 0 Å². The summed E-state index contributed by atoms with van der Waals surface area (Å²) in [7, 11) is 0. The quantitative estimate of drug-likeness (QED) is 0.786. The molecule has 0 heterocycles. The summed E-state index contributed by atoms with van der Waals surface area (Å²) in [6, 6.07) is 9.35. The number of ether oxygens (including phenoxy) is 1. The van der Waals surface area contributed by atoms with Crippen molar-refractivity contribution in [3.63, 3.8) is 0 Å². The molecule has 2 aromatic carbocycles. The molecule has 0 bridgehead atoms. The predicted molar refractivity (Wildman–Crippen MR) is 94.2 cm³/mol. The first kappa shape index (κ1) is 20.5. The van der Waals surface area contributed by atoms with Crippen LogP contribution >= 0.6 is 0 Å². The molecule has 2 rings (SSSR count). The van der Waals surface area contributed by atoms with Crippen LogP contribution in [0.5, 0.6) is 0 Å². The first-order valence-corrected chi connectivity index (χ1v) is 8.29. The highest BCUT2D eigenvalue weighted by Crippen LogP contribution is 2.29. The van der Waals surface area contributed by atoms with Crippen LogP contribution < -0.4 is 5.32 Å². The Hall–Kier alpha value is -2.83. The van der Waals surface area contributed by atoms with E-state index in [4.69, 9.17) is 4.74 Å². The summed E-state index contributed by atoms with van der Waals surface area (Å²) in [5.74, 6) is -1.53. The average Bonchev–Trinajstić information content (AvgIpc) is 2.61. The lowest BCUT2D eigenvalue weighted by molar-refractivity contribution is -0.137. The van der Waals surface area contributed by atoms with Crippen LogP contribution in [0.2, 0.25) is 0 Å². The number of aryl methyl sites for hydroxylation is 2. The predicted octanol–water partition coefficient (Wildman–Crippen LogP) is 4.36. The molecule has 0 aliphatic rings. The van der Waals surface area contributed by atoms with Gasteiger partial charge in [0.25, 0.3) is 5.91 Å². The molecular formula is C20H20F3NO3. The van der Waals surface area contributed by atoms with Crippen molar-refractivity contribution < 1.29 is 27.5 Å². The molecule has 0 spiro atoms. The Morgan fingerprint density at radius 3 is 2.41 bits per heavy atom. The molecule has 1 N–H and O–H groups in total. The molecule has 0 radical (unpaired) electrons. The second-order valence-electron chi connectivity index (χ2n) is 6.29. The monoisotopic (exact) mass is 379 g/mol. The minimum atomic E-state index is -4.56. The van der Waals surface area contributed by atoms with Crippen molar-refractivity contribution in [2.45, 2.75) is 33.0 Å². The van der Waals surface area contributed by atoms with Crippen molar-refractivity contribution in [1.82, 2.24) is 5.32 Å². The average molecular weight is 379 g/mol. The Bertz CT molecular complexity index is 847. The largest absolute Gasteiger partial charge is 0.452 e. The molecule has 4 nitrogen and oxygen atoms in total. The van der Waals surface area contributed by atoms with Crippen LogP contribution in [0, 0.1) is 13.8 Å². The zero-order chi connectivity index (χ0) is 20.2. The highest BCUT2D eigenvalue weighted by molar-refractivity contribution is 5.91. The van der Waals surface area contributed by atoms with Gasteiger partial charge in [-0.25, -0.2) is 4.79 Å². The van der Waals surface area contributed by atoms with Gasteiger partial charge in [-0.15, -0.1) is 0 Å². The zero-order valence-corrected chi connectivity index (χ0v) is 15.2. The second kappa shape index (κ2) is 8.24. The van der Waals surface area contributed by atoms with Crippen LogP contribution in [-0.4, -0.2) is 18.5 Å². The number of alkyl halides is 3. The van der Waals surface area contributed by atoms with Crippen molar-refractivity contribution in [1.29, 1.82) is 0 Å². The Labute approximate surface area is 155 Å². The summed E-state index contributed by atoms with van der Waals surface area (Å²) < 4.78 is 42.9. The van der Waals surface area contributed by atoms with Crippen molar-refractivity contribution in [3.8, 4) is 0 Å². The number of nitrogens with one attached hydrogen (secondary N) is 1. The molecule has 1 atom stereocenters. The number of esters is 1. The van der Waals surface area contributed by atoms with Crippen LogP contribution in [-0.2, 0) is 15.7 Å². The lowest BCUT2D eigenvalue weighted by Gasteiger charge is -2.16. The molecule has 0 aromatic heterocycles. The molecule has 0 unspecified atom stereocenters. The smallest absolute Gasteiger partial charge is 0.416 e. The number of halogens is 3. The summed E-state index contributed by atoms with van der Waals surface area (Å²) in [6.07, 6.45) is -4.56. The van der Waals surface area contributed by atoms with Crippen molar-refractivity contribution >= 4 is 11.9 Å². The molecule has 0 aliphatic carbocycles. The lowest BCUT2D eigenvalue weighted by atomic mass is 10.0. The molecule has 0 saturated heterocycles. The maximum atomic E-state index is 12.7. The van der Waals surface area contributed by atoms with Gasteiger partial charge >= 0.3 is 12.1 Å². The van der Waals surface area contributed by atoms with Crippen molar-refractivity contribution in [2.75, 3.05) is 6.61 Å². The molecule has 0 aliphatic heterocycles. The number of rotatable bonds is 5. The van der Waals surface area contributed by atoms with E-state index in [0.717, 1.165) is 28.8 Å². The van der Waals surface area contributed by atoms with Gasteiger partial charge in [0.15, 0.2) is 6.61 Å². The zero-order valence-electron chi connectivity index (χ0n) is 15.2. The van der Waals surface area contributed by atoms with Gasteiger partial charge < -0.3 is 10.1 Å². The molecule has 2 aromatic rings. The first-order valence-electron chi connectivity index (χ1n) is 8.29. The number of benzene rings is 2. The van der Waals surface area contributed by atoms with E-state index < -0.39 is 30.2 Å². The van der Waals surface area contributed by atoms with Crippen LogP contribution in [0.3, 0.4) is 0 Å². The van der Waals surface area contributed by atoms with Crippen LogP contribution in [0.15, 0.2) is 42.5 Å². The fourth-order valence-corrected chi connectivity index (χ4v) is 2.44. The van der Waals surface area contributed by atoms with E-state index in [2.05, 4.69) is 5.32 Å². The second-order valence-corrected chi connectivity index (χ2v) is 6.29. The van der Waals surface area contributed by atoms with Crippen molar-refractivity contribution in [2.24, 2.45) is 0 Å². The number of hydrogen-bond donors (Lipinski definition) is 1. The standard InChI is InChI=1S/C20H20F3NO3/c1-12-7-8-15(9-13(12)2)14(3)24-18(25)11-27-19(26)16-5-4-6-17(10-16)20(21,22)23/h4-10,14H,11H2,1-3H3,(H,24,25)/t14-/m1/s1. The summed E-state index contributed by atoms with van der Waals surface area (Å²) in [5, 5.41) is 2.69. The molecule has 27 heavy (non-hydrogen) atoms. The molecule has 0 fully saturated rings. The molecular weight excluding hydrogens is 359 g/mol. The maximum absolute atomic E-state index is 12.7. The van der Waals surface area contributed by atoms with E-state index in [1.54, 1.807) is 6.92 Å². The van der Waals surface area contributed by atoms with Gasteiger partial charge in [0.05, 0.1) is 17.2 Å². The first-order chi connectivity index (χ1) is 12.6. The van der Waals surface area contributed by atoms with Gasteiger partial charge in [0.1, 0.15) is 0 Å². The summed E-state index contributed by atoms with van der Waals surface area (Å²) >= 11 is 0. The number of amides is 1. The third-order valence-electron chi connectivity index (χ3n) is 4.17. The minimum absolute atomic E-state index is 0.264. The van der Waals surface area contributed by atoms with E-state index in [1.165, 1.54) is 6.07 Å². The minimum Gasteiger partial charge on any atom is -0.452 e. The van der Waals surface area contributed by atoms with Gasteiger partial charge in [-0.2, -0.15) is 13.2 Å². The Kier molecular flexibility index (Phi) is 6.25. The molecule has 7 heteroatoms. The topological polar surface area (TPSA) is 55.4 Å². The molecule has 0 saturated carbocycles. The fourth-order valence-electron chi connectivity index (χ4n) is 2.44. The van der Waals surface area contributed by atoms with Gasteiger partial charge in [-0.05, 0) is 55.7 Å². The summed E-state index contributed by atoms with van der Waals surface area (Å²) in [6.45, 7) is 5.15. The highest BCUT2D eigenvalue weighted by Gasteiger charge is 2.31. The SMILES string of the molecule is Cc1ccc([C@@H](C)NC(=O)COC(=O)c2cccc(C(F)(F)F)c2)cc1C. The van der Waals surface area contributed by atoms with Crippen LogP contribution in [0.4, 0.5) is 13.2 Å². The third kappa shape index (κ3) is 5.57. The molecule has 1 amide bonds. The Balaban J connectivity index is 1.93. The van der Waals surface area contributed by atoms with Gasteiger partial charge in [0, 0.05) is 0 Å². The normalized spacial score (nSPS) is 12.4. The van der Waals surface area contributed by atoms with E-state index >= 15 is 0 Å². The lowest BCUT2D eigenvalue weighted by Crippen LogP contribution is -2.31. The van der Waals surface area contributed by atoms with E-state index in [-0.39, 0.29) is 11.6 Å². The Morgan fingerprint density at radius 1 is 1.07 bits per heavy atom. The summed E-state index contributed by atoms with van der Waals surface area (Å²) in [4.78, 5) is 23.9. The fraction of sp³-hybridized carbons (Fsp3) is 0.300. The van der Waals surface area contributed by atoms with Crippen LogP contribution in [0.1, 0.15) is 45.6 Å². The number of hydrogen-bond acceptors (Lipinski definition) is 3. The van der Waals surface area contributed by atoms with Crippen molar-refractivity contribution in [3.05, 3.63) is 70.3 Å². The van der Waals surface area contributed by atoms with E-state index in [0.29, 0.717) is 6.07 Å². The van der Waals surface area contributed by atoms with E-state index in [9.17, 15) is 22.8 Å². The van der Waals surface area contributed by atoms with Gasteiger partial charge in [-0.1, -0.05) is 24.3 Å². The molecule has 144 valence electrons. The van der Waals surface area contributed by atoms with Gasteiger partial charge in [-0.3, -0.25) is 4.79 Å².